The van der Waals surface area contributed by atoms with Gasteiger partial charge in [0.05, 0.1) is 6.42 Å². The molecular formula is C10H10O3. The van der Waals surface area contributed by atoms with E-state index in [-0.39, 0.29) is 12.4 Å². The van der Waals surface area contributed by atoms with Crippen molar-refractivity contribution in [3.8, 4) is 5.75 Å². The van der Waals surface area contributed by atoms with Crippen molar-refractivity contribution in [2.75, 3.05) is 6.61 Å². The van der Waals surface area contributed by atoms with Crippen molar-refractivity contribution in [3.05, 3.63) is 29.3 Å². The second kappa shape index (κ2) is 2.85. The van der Waals surface area contributed by atoms with E-state index in [2.05, 4.69) is 0 Å². The molecule has 1 heterocycles. The number of fused-ring (bicyclic) bond motifs is 1. The van der Waals surface area contributed by atoms with Gasteiger partial charge in [0, 0.05) is 6.07 Å². The van der Waals surface area contributed by atoms with Gasteiger partial charge in [-0.25, -0.2) is 0 Å². The third kappa shape index (κ3) is 1.31. The summed E-state index contributed by atoms with van der Waals surface area (Å²) >= 11 is 0. The number of hydrogen-bond donors (Lipinski definition) is 0. The molecule has 1 aromatic carbocycles. The van der Waals surface area contributed by atoms with E-state index in [0.29, 0.717) is 17.7 Å². The van der Waals surface area contributed by atoms with Crippen LogP contribution in [0.25, 0.3) is 0 Å². The van der Waals surface area contributed by atoms with Crippen LogP contribution in [0.3, 0.4) is 0 Å². The van der Waals surface area contributed by atoms with Crippen LogP contribution in [0.5, 0.6) is 5.75 Å². The Balaban J connectivity index is 2.57. The lowest BCUT2D eigenvalue weighted by Gasteiger charge is -2.29. The highest BCUT2D eigenvalue weighted by Gasteiger charge is 2.25. The topological polar surface area (TPSA) is 42.8 Å². The summed E-state index contributed by atoms with van der Waals surface area (Å²) in [5, 5.41) is 11.2. The minimum absolute atomic E-state index is 0.0540. The standard InChI is InChI=1S/C10H10O3/c1-7-2-3-10-8(6-7)9(11)4-5-13(10)12/h2-3,6H,4-5H2,1H3. The normalized spacial score (nSPS) is 15.8. The Bertz CT molecular complexity index is 357. The van der Waals surface area contributed by atoms with E-state index in [1.807, 2.05) is 13.0 Å². The molecule has 0 bridgehead atoms. The fourth-order valence-corrected chi connectivity index (χ4v) is 1.49. The largest absolute Gasteiger partial charge is 0.564 e. The van der Waals surface area contributed by atoms with Gasteiger partial charge in [-0.05, 0) is 18.6 Å². The zero-order valence-corrected chi connectivity index (χ0v) is 7.37. The summed E-state index contributed by atoms with van der Waals surface area (Å²) in [4.78, 5) is 11.4. The molecule has 0 saturated carbocycles. The lowest BCUT2D eigenvalue weighted by Crippen LogP contribution is -2.28. The number of carbonyl (C=O) groups excluding carboxylic acids is 1. The van der Waals surface area contributed by atoms with Crippen LogP contribution < -0.4 is 5.26 Å². The number of aryl methyl sites for hydroxylation is 1. The first-order chi connectivity index (χ1) is 6.18. The minimum Gasteiger partial charge on any atom is -0.564 e. The van der Waals surface area contributed by atoms with Gasteiger partial charge in [0.25, 0.3) is 5.75 Å². The Kier molecular flexibility index (Phi) is 1.81. The zero-order valence-electron chi connectivity index (χ0n) is 7.37. The first-order valence-electron chi connectivity index (χ1n) is 4.21. The van der Waals surface area contributed by atoms with Crippen molar-refractivity contribution in [1.29, 1.82) is 0 Å². The molecule has 2 rings (SSSR count). The molecule has 1 aliphatic rings. The Labute approximate surface area is 76.2 Å². The molecule has 0 unspecified atom stereocenters. The van der Waals surface area contributed by atoms with E-state index >= 15 is 0 Å². The average Bonchev–Trinajstić information content (AvgIpc) is 2.12. The van der Waals surface area contributed by atoms with Crippen LogP contribution in [-0.4, -0.2) is 12.4 Å². The van der Waals surface area contributed by atoms with Crippen molar-refractivity contribution in [3.63, 3.8) is 0 Å². The Morgan fingerprint density at radius 3 is 3.00 bits per heavy atom. The zero-order chi connectivity index (χ0) is 9.42. The first kappa shape index (κ1) is 8.26. The monoisotopic (exact) mass is 178 g/mol. The maximum absolute atomic E-state index is 11.4. The molecule has 0 fully saturated rings. The van der Waals surface area contributed by atoms with Crippen molar-refractivity contribution in [1.82, 2.24) is 0 Å². The van der Waals surface area contributed by atoms with E-state index in [1.54, 1.807) is 16.7 Å². The van der Waals surface area contributed by atoms with E-state index in [0.717, 1.165) is 5.56 Å². The number of Topliss-reactive ketones (excluding diaryl/α,β-unsaturated/α-hetero) is 1. The predicted octanol–water partition coefficient (Wildman–Crippen LogP) is 1.12. The quantitative estimate of drug-likeness (QED) is 0.441. The summed E-state index contributed by atoms with van der Waals surface area (Å²) in [5.41, 5.74) is 1.54. The molecule has 3 nitrogen and oxygen atoms in total. The van der Waals surface area contributed by atoms with Crippen LogP contribution >= 0.6 is 0 Å². The first-order valence-corrected chi connectivity index (χ1v) is 4.21. The molecule has 0 amide bonds. The van der Waals surface area contributed by atoms with Crippen molar-refractivity contribution in [2.24, 2.45) is 0 Å². The van der Waals surface area contributed by atoms with Gasteiger partial charge in [0.15, 0.2) is 12.4 Å². The molecule has 0 aromatic heterocycles. The fraction of sp³-hybridized carbons (Fsp3) is 0.300. The van der Waals surface area contributed by atoms with Gasteiger partial charge in [-0.2, -0.15) is 0 Å². The average molecular weight is 178 g/mol. The van der Waals surface area contributed by atoms with Gasteiger partial charge in [0.1, 0.15) is 5.56 Å². The maximum atomic E-state index is 11.4. The Hall–Kier alpha value is -1.35. The molecule has 0 spiro atoms. The van der Waals surface area contributed by atoms with Crippen LogP contribution in [-0.2, 0) is 4.52 Å². The smallest absolute Gasteiger partial charge is 0.276 e. The van der Waals surface area contributed by atoms with Crippen molar-refractivity contribution in [2.45, 2.75) is 13.3 Å². The van der Waals surface area contributed by atoms with Crippen molar-refractivity contribution < 1.29 is 14.6 Å². The summed E-state index contributed by atoms with van der Waals surface area (Å²) in [6.45, 7) is 2.11. The second-order valence-electron chi connectivity index (χ2n) is 3.22. The van der Waals surface area contributed by atoms with E-state index < -0.39 is 0 Å². The van der Waals surface area contributed by atoms with E-state index in [9.17, 15) is 10.1 Å². The Morgan fingerprint density at radius 1 is 1.46 bits per heavy atom. The number of rotatable bonds is 0. The fourth-order valence-electron chi connectivity index (χ4n) is 1.49. The van der Waals surface area contributed by atoms with Crippen LogP contribution in [0, 0.1) is 6.92 Å². The SMILES string of the molecule is Cc1ccc2c(c1)C(=O)CC[O+]2[O-]. The third-order valence-electron chi connectivity index (χ3n) is 2.20. The van der Waals surface area contributed by atoms with Gasteiger partial charge in [-0.1, -0.05) is 6.07 Å². The maximum Gasteiger partial charge on any atom is 0.276 e. The summed E-state index contributed by atoms with van der Waals surface area (Å²) in [7, 11) is 0. The molecule has 0 atom stereocenters. The lowest BCUT2D eigenvalue weighted by atomic mass is 10.0. The molecule has 0 saturated heterocycles. The van der Waals surface area contributed by atoms with Crippen LogP contribution in [0.15, 0.2) is 18.2 Å². The van der Waals surface area contributed by atoms with E-state index in [1.165, 1.54) is 0 Å². The molecular weight excluding hydrogens is 168 g/mol. The molecule has 1 aromatic rings. The summed E-state index contributed by atoms with van der Waals surface area (Å²) in [6.07, 6.45) is 0.296. The van der Waals surface area contributed by atoms with Crippen LogP contribution in [0.2, 0.25) is 0 Å². The third-order valence-corrected chi connectivity index (χ3v) is 2.20. The highest BCUT2D eigenvalue weighted by molar-refractivity contribution is 5.99. The van der Waals surface area contributed by atoms with Crippen molar-refractivity contribution >= 4 is 5.78 Å². The van der Waals surface area contributed by atoms with Gasteiger partial charge >= 0.3 is 0 Å². The highest BCUT2D eigenvalue weighted by Crippen LogP contribution is 2.31. The minimum atomic E-state index is 0.0540. The summed E-state index contributed by atoms with van der Waals surface area (Å²) in [6, 6.07) is 5.27. The molecule has 0 N–H and O–H groups in total. The lowest BCUT2D eigenvalue weighted by molar-refractivity contribution is -0.767. The molecule has 0 aliphatic carbocycles. The van der Waals surface area contributed by atoms with Gasteiger partial charge in [0.2, 0.25) is 0 Å². The number of ketones is 1. The highest BCUT2D eigenvalue weighted by atomic mass is 17.2. The van der Waals surface area contributed by atoms with Gasteiger partial charge < -0.3 is 9.78 Å². The van der Waals surface area contributed by atoms with E-state index in [4.69, 9.17) is 0 Å². The molecule has 13 heavy (non-hydrogen) atoms. The Morgan fingerprint density at radius 2 is 2.23 bits per heavy atom. The predicted molar refractivity (Wildman–Crippen MR) is 45.5 cm³/mol. The summed E-state index contributed by atoms with van der Waals surface area (Å²) < 4.78 is 1.68. The van der Waals surface area contributed by atoms with Crippen LogP contribution in [0.1, 0.15) is 22.3 Å². The number of benzene rings is 1. The molecule has 0 radical (unpaired) electrons. The van der Waals surface area contributed by atoms with Crippen LogP contribution in [0.4, 0.5) is 0 Å². The molecule has 68 valence electrons. The second-order valence-corrected chi connectivity index (χ2v) is 3.22. The summed E-state index contributed by atoms with van der Waals surface area (Å²) in [5.74, 6) is 0.486. The number of carbonyl (C=O) groups is 1. The molecule has 3 heteroatoms. The van der Waals surface area contributed by atoms with Gasteiger partial charge in [-0.15, -0.1) is 0 Å². The molecule has 1 aliphatic heterocycles. The van der Waals surface area contributed by atoms with Gasteiger partial charge in [-0.3, -0.25) is 4.79 Å². The number of hydrogen-bond acceptors (Lipinski definition) is 2.